The molecule has 1 fully saturated rings. The SMILES string of the molecule is CCc1ccc(NC(=O)C(C)N2CCOCC2)cc1N. The van der Waals surface area contributed by atoms with Crippen LogP contribution in [0.15, 0.2) is 18.2 Å². The van der Waals surface area contributed by atoms with Gasteiger partial charge >= 0.3 is 0 Å². The van der Waals surface area contributed by atoms with Crippen molar-refractivity contribution in [1.29, 1.82) is 0 Å². The number of carbonyl (C=O) groups excluding carboxylic acids is 1. The molecule has 2 rings (SSSR count). The van der Waals surface area contributed by atoms with Crippen molar-refractivity contribution in [2.45, 2.75) is 26.3 Å². The second kappa shape index (κ2) is 6.72. The van der Waals surface area contributed by atoms with Gasteiger partial charge in [-0.3, -0.25) is 9.69 Å². The van der Waals surface area contributed by atoms with Crippen LogP contribution in [0.1, 0.15) is 19.4 Å². The number of anilines is 2. The van der Waals surface area contributed by atoms with E-state index < -0.39 is 0 Å². The first-order chi connectivity index (χ1) is 9.61. The van der Waals surface area contributed by atoms with Crippen LogP contribution < -0.4 is 11.1 Å². The minimum atomic E-state index is -0.161. The highest BCUT2D eigenvalue weighted by Crippen LogP contribution is 2.19. The summed E-state index contributed by atoms with van der Waals surface area (Å²) in [5.74, 6) is -0.00412. The Bertz CT molecular complexity index is 470. The van der Waals surface area contributed by atoms with Crippen molar-refractivity contribution >= 4 is 17.3 Å². The van der Waals surface area contributed by atoms with Gasteiger partial charge in [0.05, 0.1) is 19.3 Å². The third-order valence-electron chi connectivity index (χ3n) is 3.77. The van der Waals surface area contributed by atoms with Gasteiger partial charge in [0, 0.05) is 24.5 Å². The molecule has 0 radical (unpaired) electrons. The molecule has 0 aromatic heterocycles. The Hall–Kier alpha value is -1.59. The van der Waals surface area contributed by atoms with Crippen LogP contribution in [0.3, 0.4) is 0 Å². The molecule has 0 saturated carbocycles. The first-order valence-corrected chi connectivity index (χ1v) is 7.13. The highest BCUT2D eigenvalue weighted by atomic mass is 16.5. The van der Waals surface area contributed by atoms with Gasteiger partial charge < -0.3 is 15.8 Å². The Balaban J connectivity index is 1.98. The van der Waals surface area contributed by atoms with E-state index in [1.54, 1.807) is 0 Å². The maximum absolute atomic E-state index is 12.2. The fourth-order valence-electron chi connectivity index (χ4n) is 2.37. The fraction of sp³-hybridized carbons (Fsp3) is 0.533. The van der Waals surface area contributed by atoms with Crippen LogP contribution in [0.5, 0.6) is 0 Å². The Morgan fingerprint density at radius 1 is 1.45 bits per heavy atom. The van der Waals surface area contributed by atoms with Crippen LogP contribution in [-0.2, 0) is 16.0 Å². The predicted molar refractivity (Wildman–Crippen MR) is 80.7 cm³/mol. The lowest BCUT2D eigenvalue weighted by Gasteiger charge is -2.31. The van der Waals surface area contributed by atoms with E-state index in [9.17, 15) is 4.79 Å². The maximum Gasteiger partial charge on any atom is 0.241 e. The van der Waals surface area contributed by atoms with Crippen molar-refractivity contribution in [2.75, 3.05) is 37.4 Å². The van der Waals surface area contributed by atoms with Crippen molar-refractivity contribution in [3.05, 3.63) is 23.8 Å². The quantitative estimate of drug-likeness (QED) is 0.818. The number of hydrogen-bond donors (Lipinski definition) is 2. The van der Waals surface area contributed by atoms with Gasteiger partial charge in [0.2, 0.25) is 5.91 Å². The van der Waals surface area contributed by atoms with Crippen molar-refractivity contribution in [3.63, 3.8) is 0 Å². The molecule has 1 aromatic carbocycles. The second-order valence-corrected chi connectivity index (χ2v) is 5.08. The molecule has 0 spiro atoms. The number of nitrogen functional groups attached to an aromatic ring is 1. The number of nitrogens with one attached hydrogen (secondary N) is 1. The van der Waals surface area contributed by atoms with Crippen LogP contribution >= 0.6 is 0 Å². The molecule has 1 saturated heterocycles. The molecule has 0 bridgehead atoms. The summed E-state index contributed by atoms with van der Waals surface area (Å²) >= 11 is 0. The molecule has 1 aliphatic rings. The maximum atomic E-state index is 12.2. The Labute approximate surface area is 120 Å². The smallest absolute Gasteiger partial charge is 0.241 e. The summed E-state index contributed by atoms with van der Waals surface area (Å²) in [4.78, 5) is 14.4. The summed E-state index contributed by atoms with van der Waals surface area (Å²) in [6.45, 7) is 6.96. The zero-order valence-corrected chi connectivity index (χ0v) is 12.2. The van der Waals surface area contributed by atoms with Crippen LogP contribution in [0.4, 0.5) is 11.4 Å². The average molecular weight is 277 g/mol. The minimum absolute atomic E-state index is 0.00412. The summed E-state index contributed by atoms with van der Waals surface area (Å²) < 4.78 is 5.30. The first kappa shape index (κ1) is 14.8. The zero-order valence-electron chi connectivity index (χ0n) is 12.2. The number of rotatable bonds is 4. The van der Waals surface area contributed by atoms with Gasteiger partial charge in [0.15, 0.2) is 0 Å². The van der Waals surface area contributed by atoms with E-state index >= 15 is 0 Å². The summed E-state index contributed by atoms with van der Waals surface area (Å²) in [6, 6.07) is 5.53. The molecule has 1 amide bonds. The molecular formula is C15H23N3O2. The van der Waals surface area contributed by atoms with Crippen molar-refractivity contribution in [3.8, 4) is 0 Å². The van der Waals surface area contributed by atoms with E-state index in [0.717, 1.165) is 36.4 Å². The van der Waals surface area contributed by atoms with Gasteiger partial charge in [-0.15, -0.1) is 0 Å². The van der Waals surface area contributed by atoms with Gasteiger partial charge in [-0.05, 0) is 31.0 Å². The Morgan fingerprint density at radius 3 is 2.75 bits per heavy atom. The van der Waals surface area contributed by atoms with Crippen LogP contribution in [-0.4, -0.2) is 43.2 Å². The fourth-order valence-corrected chi connectivity index (χ4v) is 2.37. The normalized spacial score (nSPS) is 17.7. The van der Waals surface area contributed by atoms with Gasteiger partial charge in [-0.2, -0.15) is 0 Å². The number of hydrogen-bond acceptors (Lipinski definition) is 4. The second-order valence-electron chi connectivity index (χ2n) is 5.08. The number of aryl methyl sites for hydroxylation is 1. The zero-order chi connectivity index (χ0) is 14.5. The number of ether oxygens (including phenoxy) is 1. The number of benzene rings is 1. The molecule has 1 unspecified atom stereocenters. The van der Waals surface area contributed by atoms with Crippen molar-refractivity contribution in [1.82, 2.24) is 4.90 Å². The molecule has 5 nitrogen and oxygen atoms in total. The van der Waals surface area contributed by atoms with Gasteiger partial charge in [0.1, 0.15) is 0 Å². The van der Waals surface area contributed by atoms with E-state index in [-0.39, 0.29) is 11.9 Å². The van der Waals surface area contributed by atoms with E-state index in [4.69, 9.17) is 10.5 Å². The highest BCUT2D eigenvalue weighted by Gasteiger charge is 2.23. The molecule has 20 heavy (non-hydrogen) atoms. The molecule has 110 valence electrons. The average Bonchev–Trinajstić information content (AvgIpc) is 2.47. The number of morpholine rings is 1. The Kier molecular flexibility index (Phi) is 4.98. The summed E-state index contributed by atoms with van der Waals surface area (Å²) in [7, 11) is 0. The van der Waals surface area contributed by atoms with Crippen molar-refractivity contribution < 1.29 is 9.53 Å². The molecule has 1 heterocycles. The summed E-state index contributed by atoms with van der Waals surface area (Å²) in [5, 5.41) is 2.93. The number of nitrogens with zero attached hydrogens (tertiary/aromatic N) is 1. The molecule has 1 aromatic rings. The lowest BCUT2D eigenvalue weighted by Crippen LogP contribution is -2.47. The van der Waals surface area contributed by atoms with E-state index in [0.29, 0.717) is 13.2 Å². The van der Waals surface area contributed by atoms with Gasteiger partial charge in [-0.1, -0.05) is 13.0 Å². The first-order valence-electron chi connectivity index (χ1n) is 7.13. The standard InChI is InChI=1S/C15H23N3O2/c1-3-12-4-5-13(10-14(12)16)17-15(19)11(2)18-6-8-20-9-7-18/h4-5,10-11H,3,6-9,16H2,1-2H3,(H,17,19). The lowest BCUT2D eigenvalue weighted by atomic mass is 10.1. The topological polar surface area (TPSA) is 67.6 Å². The monoisotopic (exact) mass is 277 g/mol. The molecule has 0 aliphatic carbocycles. The van der Waals surface area contributed by atoms with E-state index in [1.807, 2.05) is 25.1 Å². The third-order valence-corrected chi connectivity index (χ3v) is 3.77. The number of carbonyl (C=O) groups is 1. The number of nitrogens with two attached hydrogens (primary N) is 1. The summed E-state index contributed by atoms with van der Waals surface area (Å²) in [5.41, 5.74) is 8.53. The van der Waals surface area contributed by atoms with Crippen LogP contribution in [0.25, 0.3) is 0 Å². The van der Waals surface area contributed by atoms with Crippen molar-refractivity contribution in [2.24, 2.45) is 0 Å². The van der Waals surface area contributed by atoms with E-state index in [1.165, 1.54) is 0 Å². The molecule has 1 atom stereocenters. The van der Waals surface area contributed by atoms with Gasteiger partial charge in [0.25, 0.3) is 0 Å². The molecular weight excluding hydrogens is 254 g/mol. The molecule has 1 aliphatic heterocycles. The van der Waals surface area contributed by atoms with Crippen LogP contribution in [0, 0.1) is 0 Å². The summed E-state index contributed by atoms with van der Waals surface area (Å²) in [6.07, 6.45) is 0.893. The minimum Gasteiger partial charge on any atom is -0.398 e. The van der Waals surface area contributed by atoms with Crippen LogP contribution in [0.2, 0.25) is 0 Å². The third kappa shape index (κ3) is 3.49. The Morgan fingerprint density at radius 2 is 2.15 bits per heavy atom. The molecule has 3 N–H and O–H groups in total. The number of amides is 1. The lowest BCUT2D eigenvalue weighted by molar-refractivity contribution is -0.122. The largest absolute Gasteiger partial charge is 0.398 e. The van der Waals surface area contributed by atoms with E-state index in [2.05, 4.69) is 17.1 Å². The van der Waals surface area contributed by atoms with Gasteiger partial charge in [-0.25, -0.2) is 0 Å². The highest BCUT2D eigenvalue weighted by molar-refractivity contribution is 5.95. The molecule has 5 heteroatoms. The predicted octanol–water partition coefficient (Wildman–Crippen LogP) is 1.49.